The standard InChI is InChI=1S/C17H23FN2O2/c18-17-14-8-9-19-10-12(14)6-7-15(17)20-16(21)11-22-13-4-2-1-3-5-13/h6-7,13,19H,1-5,8-11H2,(H,20,21). The molecular formula is C17H23FN2O2. The van der Waals surface area contributed by atoms with Gasteiger partial charge < -0.3 is 15.4 Å². The molecule has 4 nitrogen and oxygen atoms in total. The minimum absolute atomic E-state index is 0.00273. The average molecular weight is 306 g/mol. The van der Waals surface area contributed by atoms with Crippen LogP contribution in [0.3, 0.4) is 0 Å². The molecule has 0 unspecified atom stereocenters. The van der Waals surface area contributed by atoms with Gasteiger partial charge in [-0.3, -0.25) is 4.79 Å². The largest absolute Gasteiger partial charge is 0.368 e. The first-order valence-corrected chi connectivity index (χ1v) is 8.16. The van der Waals surface area contributed by atoms with E-state index in [0.717, 1.165) is 24.9 Å². The van der Waals surface area contributed by atoms with Crippen molar-refractivity contribution in [2.45, 2.75) is 51.2 Å². The third kappa shape index (κ3) is 3.65. The summed E-state index contributed by atoms with van der Waals surface area (Å²) in [4.78, 5) is 12.0. The van der Waals surface area contributed by atoms with Gasteiger partial charge in [-0.05, 0) is 43.0 Å². The molecular weight excluding hydrogens is 283 g/mol. The molecule has 1 heterocycles. The predicted molar refractivity (Wildman–Crippen MR) is 83.3 cm³/mol. The number of carbonyl (C=O) groups is 1. The summed E-state index contributed by atoms with van der Waals surface area (Å²) in [5.41, 5.74) is 1.95. The van der Waals surface area contributed by atoms with Crippen molar-refractivity contribution in [3.8, 4) is 0 Å². The monoisotopic (exact) mass is 306 g/mol. The van der Waals surface area contributed by atoms with Crippen LogP contribution in [-0.2, 0) is 22.5 Å². The summed E-state index contributed by atoms with van der Waals surface area (Å²) in [7, 11) is 0. The molecule has 0 saturated heterocycles. The molecule has 2 aliphatic rings. The number of ether oxygens (including phenoxy) is 1. The van der Waals surface area contributed by atoms with Crippen LogP contribution in [0.25, 0.3) is 0 Å². The van der Waals surface area contributed by atoms with Crippen molar-refractivity contribution in [1.29, 1.82) is 0 Å². The fraction of sp³-hybridized carbons (Fsp3) is 0.588. The molecule has 0 aromatic heterocycles. The van der Waals surface area contributed by atoms with Gasteiger partial charge in [-0.15, -0.1) is 0 Å². The van der Waals surface area contributed by atoms with E-state index in [1.54, 1.807) is 6.07 Å². The second-order valence-electron chi connectivity index (χ2n) is 6.11. The van der Waals surface area contributed by atoms with Gasteiger partial charge in [0, 0.05) is 6.54 Å². The van der Waals surface area contributed by atoms with Crippen molar-refractivity contribution in [3.05, 3.63) is 29.1 Å². The zero-order chi connectivity index (χ0) is 15.4. The molecule has 3 rings (SSSR count). The molecule has 1 fully saturated rings. The van der Waals surface area contributed by atoms with Crippen molar-refractivity contribution < 1.29 is 13.9 Å². The lowest BCUT2D eigenvalue weighted by Crippen LogP contribution is -2.27. The van der Waals surface area contributed by atoms with Gasteiger partial charge >= 0.3 is 0 Å². The van der Waals surface area contributed by atoms with Crippen molar-refractivity contribution >= 4 is 11.6 Å². The number of rotatable bonds is 4. The Kier molecular flexibility index (Phi) is 5.05. The minimum Gasteiger partial charge on any atom is -0.368 e. The third-order valence-corrected chi connectivity index (χ3v) is 4.48. The highest BCUT2D eigenvalue weighted by Gasteiger charge is 2.19. The Morgan fingerprint density at radius 3 is 2.95 bits per heavy atom. The molecule has 0 atom stereocenters. The number of halogens is 1. The van der Waals surface area contributed by atoms with Gasteiger partial charge in [0.1, 0.15) is 12.4 Å². The van der Waals surface area contributed by atoms with Crippen LogP contribution in [-0.4, -0.2) is 25.2 Å². The van der Waals surface area contributed by atoms with Crippen LogP contribution < -0.4 is 10.6 Å². The van der Waals surface area contributed by atoms with E-state index in [1.165, 1.54) is 19.3 Å². The zero-order valence-electron chi connectivity index (χ0n) is 12.8. The topological polar surface area (TPSA) is 50.4 Å². The van der Waals surface area contributed by atoms with Gasteiger partial charge in [0.25, 0.3) is 0 Å². The fourth-order valence-corrected chi connectivity index (χ4v) is 3.24. The van der Waals surface area contributed by atoms with Crippen LogP contribution in [0.15, 0.2) is 12.1 Å². The maximum atomic E-state index is 14.4. The lowest BCUT2D eigenvalue weighted by atomic mass is 9.98. The summed E-state index contributed by atoms with van der Waals surface area (Å²) in [5.74, 6) is -0.580. The van der Waals surface area contributed by atoms with E-state index in [2.05, 4.69) is 10.6 Å². The maximum absolute atomic E-state index is 14.4. The highest BCUT2D eigenvalue weighted by Crippen LogP contribution is 2.25. The highest BCUT2D eigenvalue weighted by atomic mass is 19.1. The smallest absolute Gasteiger partial charge is 0.250 e. The Bertz CT molecular complexity index is 542. The van der Waals surface area contributed by atoms with E-state index < -0.39 is 0 Å². The van der Waals surface area contributed by atoms with Crippen molar-refractivity contribution in [2.24, 2.45) is 0 Å². The molecule has 0 radical (unpaired) electrons. The first kappa shape index (κ1) is 15.4. The second kappa shape index (κ2) is 7.20. The van der Waals surface area contributed by atoms with Crippen molar-refractivity contribution in [1.82, 2.24) is 5.32 Å². The number of hydrogen-bond donors (Lipinski definition) is 2. The number of benzene rings is 1. The Morgan fingerprint density at radius 2 is 2.14 bits per heavy atom. The molecule has 1 aliphatic heterocycles. The van der Waals surface area contributed by atoms with Crippen LogP contribution in [0.5, 0.6) is 0 Å². The first-order chi connectivity index (χ1) is 10.7. The minimum atomic E-state index is -0.301. The Hall–Kier alpha value is -1.46. The first-order valence-electron chi connectivity index (χ1n) is 8.16. The molecule has 1 aliphatic carbocycles. The quantitative estimate of drug-likeness (QED) is 0.899. The summed E-state index contributed by atoms with van der Waals surface area (Å²) in [6, 6.07) is 3.52. The lowest BCUT2D eigenvalue weighted by molar-refractivity contribution is -0.123. The normalized spacial score (nSPS) is 18.8. The number of carbonyl (C=O) groups excluding carboxylic acids is 1. The van der Waals surface area contributed by atoms with Crippen LogP contribution in [0.4, 0.5) is 10.1 Å². The molecule has 1 aromatic rings. The third-order valence-electron chi connectivity index (χ3n) is 4.48. The number of hydrogen-bond acceptors (Lipinski definition) is 3. The van der Waals surface area contributed by atoms with E-state index >= 15 is 0 Å². The maximum Gasteiger partial charge on any atom is 0.250 e. The van der Waals surface area contributed by atoms with E-state index in [0.29, 0.717) is 18.5 Å². The van der Waals surface area contributed by atoms with Gasteiger partial charge in [-0.2, -0.15) is 0 Å². The number of anilines is 1. The Labute approximate surface area is 130 Å². The lowest BCUT2D eigenvalue weighted by Gasteiger charge is -2.22. The average Bonchev–Trinajstić information content (AvgIpc) is 2.57. The fourth-order valence-electron chi connectivity index (χ4n) is 3.24. The highest BCUT2D eigenvalue weighted by molar-refractivity contribution is 5.92. The summed E-state index contributed by atoms with van der Waals surface area (Å²) in [6.45, 7) is 1.46. The molecule has 1 amide bonds. The van der Waals surface area contributed by atoms with E-state index in [4.69, 9.17) is 4.74 Å². The molecule has 1 saturated carbocycles. The van der Waals surface area contributed by atoms with E-state index in [9.17, 15) is 9.18 Å². The molecule has 120 valence electrons. The SMILES string of the molecule is O=C(COC1CCCCC1)Nc1ccc2c(c1F)CCNC2. The van der Waals surface area contributed by atoms with Gasteiger partial charge in [-0.25, -0.2) is 4.39 Å². The Balaban J connectivity index is 1.57. The van der Waals surface area contributed by atoms with Crippen LogP contribution in [0.1, 0.15) is 43.2 Å². The predicted octanol–water partition coefficient (Wildman–Crippen LogP) is 2.76. The van der Waals surface area contributed by atoms with Crippen LogP contribution >= 0.6 is 0 Å². The molecule has 5 heteroatoms. The number of amides is 1. The van der Waals surface area contributed by atoms with Crippen LogP contribution in [0.2, 0.25) is 0 Å². The summed E-state index contributed by atoms with van der Waals surface area (Å²) >= 11 is 0. The van der Waals surface area contributed by atoms with Crippen molar-refractivity contribution in [2.75, 3.05) is 18.5 Å². The molecule has 0 bridgehead atoms. The van der Waals surface area contributed by atoms with Crippen molar-refractivity contribution in [3.63, 3.8) is 0 Å². The molecule has 1 aromatic carbocycles. The molecule has 22 heavy (non-hydrogen) atoms. The van der Waals surface area contributed by atoms with E-state index in [1.807, 2.05) is 6.07 Å². The van der Waals surface area contributed by atoms with Gasteiger partial charge in [0.05, 0.1) is 11.8 Å². The molecule has 0 spiro atoms. The summed E-state index contributed by atoms with van der Waals surface area (Å²) in [6.07, 6.45) is 6.46. The molecule has 2 N–H and O–H groups in total. The number of nitrogens with one attached hydrogen (secondary N) is 2. The zero-order valence-corrected chi connectivity index (χ0v) is 12.8. The summed E-state index contributed by atoms with van der Waals surface area (Å²) in [5, 5.41) is 5.85. The van der Waals surface area contributed by atoms with Gasteiger partial charge in [0.15, 0.2) is 0 Å². The van der Waals surface area contributed by atoms with Crippen LogP contribution in [0, 0.1) is 5.82 Å². The van der Waals surface area contributed by atoms with Gasteiger partial charge in [0.2, 0.25) is 5.91 Å². The van der Waals surface area contributed by atoms with Gasteiger partial charge in [-0.1, -0.05) is 25.3 Å². The summed E-state index contributed by atoms with van der Waals surface area (Å²) < 4.78 is 20.1. The second-order valence-corrected chi connectivity index (χ2v) is 6.11. The van der Waals surface area contributed by atoms with E-state index in [-0.39, 0.29) is 30.1 Å². The number of fused-ring (bicyclic) bond motifs is 1. The Morgan fingerprint density at radius 1 is 1.32 bits per heavy atom.